The number of hydrogen-bond acceptors (Lipinski definition) is 6. The molecule has 0 aliphatic rings. The van der Waals surface area contributed by atoms with Crippen molar-refractivity contribution in [3.8, 4) is 23.4 Å². The van der Waals surface area contributed by atoms with E-state index in [1.165, 1.54) is 17.0 Å². The van der Waals surface area contributed by atoms with E-state index in [0.717, 1.165) is 27.6 Å². The number of rotatable bonds is 6. The second-order valence-corrected chi connectivity index (χ2v) is 8.14. The molecule has 0 unspecified atom stereocenters. The number of nitrogens with zero attached hydrogens (tertiary/aromatic N) is 4. The van der Waals surface area contributed by atoms with Gasteiger partial charge < -0.3 is 14.8 Å². The van der Waals surface area contributed by atoms with Crippen LogP contribution in [-0.4, -0.2) is 34.9 Å². The predicted octanol–water partition coefficient (Wildman–Crippen LogP) is 4.89. The number of amides is 1. The number of fused-ring (bicyclic) bond motifs is 1. The zero-order chi connectivity index (χ0) is 25.1. The second kappa shape index (κ2) is 9.69. The van der Waals surface area contributed by atoms with Crippen molar-refractivity contribution < 1.29 is 14.3 Å². The molecule has 2 heterocycles. The van der Waals surface area contributed by atoms with Gasteiger partial charge in [-0.2, -0.15) is 15.0 Å². The fraction of sp³-hybridized carbons (Fsp3) is 0.185. The average Bonchev–Trinajstić information content (AvgIpc) is 3.25. The van der Waals surface area contributed by atoms with Crippen LogP contribution in [0.25, 0.3) is 22.8 Å². The van der Waals surface area contributed by atoms with Gasteiger partial charge in [0, 0.05) is 23.1 Å². The second-order valence-electron chi connectivity index (χ2n) is 8.14. The summed E-state index contributed by atoms with van der Waals surface area (Å²) in [6, 6.07) is 13.4. The third kappa shape index (κ3) is 4.70. The molecule has 0 aliphatic heterocycles. The van der Waals surface area contributed by atoms with Crippen molar-refractivity contribution in [3.05, 3.63) is 76.5 Å². The summed E-state index contributed by atoms with van der Waals surface area (Å²) in [7, 11) is 3.12. The van der Waals surface area contributed by atoms with Crippen molar-refractivity contribution >= 4 is 28.7 Å². The maximum atomic E-state index is 12.8. The monoisotopic (exact) mass is 467 g/mol. The van der Waals surface area contributed by atoms with E-state index in [1.807, 2.05) is 19.9 Å². The largest absolute Gasteiger partial charge is 0.497 e. The van der Waals surface area contributed by atoms with Crippen LogP contribution in [0.3, 0.4) is 0 Å². The summed E-state index contributed by atoms with van der Waals surface area (Å²) < 4.78 is 12.1. The lowest BCUT2D eigenvalue weighted by molar-refractivity contribution is -0.111. The van der Waals surface area contributed by atoms with Gasteiger partial charge in [-0.15, -0.1) is 0 Å². The number of ether oxygens (including phenoxy) is 2. The molecular formula is C27H25N5O3. The Morgan fingerprint density at radius 3 is 2.60 bits per heavy atom. The third-order valence-electron chi connectivity index (χ3n) is 5.64. The van der Waals surface area contributed by atoms with E-state index in [1.54, 1.807) is 38.5 Å². The fourth-order valence-electron chi connectivity index (χ4n) is 3.94. The van der Waals surface area contributed by atoms with Crippen LogP contribution in [0.2, 0.25) is 0 Å². The van der Waals surface area contributed by atoms with E-state index < -0.39 is 5.91 Å². The van der Waals surface area contributed by atoms with Gasteiger partial charge in [-0.1, -0.05) is 11.6 Å². The normalized spacial score (nSPS) is 11.0. The number of methoxy groups -OCH3 is 2. The summed E-state index contributed by atoms with van der Waals surface area (Å²) in [5, 5.41) is 17.8. The topological polar surface area (TPSA) is 102 Å². The molecular weight excluding hydrogens is 442 g/mol. The molecule has 2 aromatic heterocycles. The van der Waals surface area contributed by atoms with Gasteiger partial charge in [-0.3, -0.25) is 4.79 Å². The fourth-order valence-corrected chi connectivity index (χ4v) is 3.94. The predicted molar refractivity (Wildman–Crippen MR) is 135 cm³/mol. The summed E-state index contributed by atoms with van der Waals surface area (Å²) in [5.74, 6) is 1.55. The average molecular weight is 468 g/mol. The van der Waals surface area contributed by atoms with Gasteiger partial charge in [-0.05, 0) is 62.2 Å². The van der Waals surface area contributed by atoms with Crippen LogP contribution in [0.1, 0.15) is 27.8 Å². The highest BCUT2D eigenvalue weighted by atomic mass is 16.5. The molecule has 8 heteroatoms. The molecule has 0 spiro atoms. The maximum absolute atomic E-state index is 12.8. The Bertz CT molecular complexity index is 1510. The molecule has 0 saturated carbocycles. The van der Waals surface area contributed by atoms with Gasteiger partial charge in [0.2, 0.25) is 5.91 Å². The SMILES string of the molecule is COc1ccc(/C=C/C(=O)Nc2c(C#N)cnn2-c2cc(C)c3cc(C)cc(C)c3n2)c(OC)c1. The molecule has 176 valence electrons. The van der Waals surface area contributed by atoms with Crippen molar-refractivity contribution in [1.82, 2.24) is 14.8 Å². The number of hydrogen-bond donors (Lipinski definition) is 1. The summed E-state index contributed by atoms with van der Waals surface area (Å²) in [6.45, 7) is 6.07. The minimum Gasteiger partial charge on any atom is -0.497 e. The molecule has 1 amide bonds. The quantitative estimate of drug-likeness (QED) is 0.405. The Balaban J connectivity index is 1.68. The molecule has 4 rings (SSSR count). The minimum absolute atomic E-state index is 0.231. The van der Waals surface area contributed by atoms with Crippen LogP contribution >= 0.6 is 0 Å². The lowest BCUT2D eigenvalue weighted by Crippen LogP contribution is -2.14. The molecule has 0 atom stereocenters. The Morgan fingerprint density at radius 1 is 1.09 bits per heavy atom. The van der Waals surface area contributed by atoms with Crippen molar-refractivity contribution in [2.75, 3.05) is 19.5 Å². The number of carbonyl (C=O) groups is 1. The molecule has 0 bridgehead atoms. The van der Waals surface area contributed by atoms with E-state index in [2.05, 4.69) is 35.5 Å². The molecule has 2 aromatic carbocycles. The highest BCUT2D eigenvalue weighted by Gasteiger charge is 2.17. The van der Waals surface area contributed by atoms with Crippen LogP contribution in [0, 0.1) is 32.1 Å². The van der Waals surface area contributed by atoms with Crippen LogP contribution in [0.15, 0.2) is 48.7 Å². The van der Waals surface area contributed by atoms with E-state index in [9.17, 15) is 10.1 Å². The zero-order valence-electron chi connectivity index (χ0n) is 20.2. The van der Waals surface area contributed by atoms with E-state index in [4.69, 9.17) is 14.5 Å². The summed E-state index contributed by atoms with van der Waals surface area (Å²) in [6.07, 6.45) is 4.41. The van der Waals surface area contributed by atoms with E-state index in [-0.39, 0.29) is 11.4 Å². The first-order valence-electron chi connectivity index (χ1n) is 10.9. The van der Waals surface area contributed by atoms with Crippen LogP contribution < -0.4 is 14.8 Å². The smallest absolute Gasteiger partial charge is 0.249 e. The van der Waals surface area contributed by atoms with Crippen molar-refractivity contribution in [3.63, 3.8) is 0 Å². The molecule has 0 aliphatic carbocycles. The number of pyridine rings is 1. The highest BCUT2D eigenvalue weighted by Crippen LogP contribution is 2.27. The maximum Gasteiger partial charge on any atom is 0.249 e. The minimum atomic E-state index is -0.426. The lowest BCUT2D eigenvalue weighted by Gasteiger charge is -2.12. The van der Waals surface area contributed by atoms with Crippen LogP contribution in [0.4, 0.5) is 5.82 Å². The van der Waals surface area contributed by atoms with Gasteiger partial charge in [0.05, 0.1) is 25.9 Å². The number of aryl methyl sites for hydroxylation is 3. The molecule has 35 heavy (non-hydrogen) atoms. The van der Waals surface area contributed by atoms with Crippen molar-refractivity contribution in [1.29, 1.82) is 5.26 Å². The van der Waals surface area contributed by atoms with E-state index >= 15 is 0 Å². The van der Waals surface area contributed by atoms with Gasteiger partial charge in [0.25, 0.3) is 0 Å². The Labute approximate surface area is 203 Å². The van der Waals surface area contributed by atoms with Crippen LogP contribution in [0.5, 0.6) is 11.5 Å². The van der Waals surface area contributed by atoms with Crippen molar-refractivity contribution in [2.45, 2.75) is 20.8 Å². The third-order valence-corrected chi connectivity index (χ3v) is 5.64. The Kier molecular flexibility index (Phi) is 6.51. The number of nitrogens with one attached hydrogen (secondary N) is 1. The number of nitriles is 1. The van der Waals surface area contributed by atoms with Gasteiger partial charge >= 0.3 is 0 Å². The first kappa shape index (κ1) is 23.5. The number of anilines is 1. The molecule has 4 aromatic rings. The van der Waals surface area contributed by atoms with Gasteiger partial charge in [0.1, 0.15) is 23.1 Å². The number of aromatic nitrogens is 3. The highest BCUT2D eigenvalue weighted by molar-refractivity contribution is 6.02. The van der Waals surface area contributed by atoms with Crippen LogP contribution in [-0.2, 0) is 4.79 Å². The van der Waals surface area contributed by atoms with Crippen molar-refractivity contribution in [2.24, 2.45) is 0 Å². The molecule has 1 N–H and O–H groups in total. The summed E-state index contributed by atoms with van der Waals surface area (Å²) in [5.41, 5.74) is 5.01. The molecule has 0 saturated heterocycles. The van der Waals surface area contributed by atoms with Gasteiger partial charge in [-0.25, -0.2) is 4.98 Å². The number of carbonyl (C=O) groups excluding carboxylic acids is 1. The molecule has 0 radical (unpaired) electrons. The summed E-state index contributed by atoms with van der Waals surface area (Å²) in [4.78, 5) is 17.6. The van der Waals surface area contributed by atoms with Gasteiger partial charge in [0.15, 0.2) is 11.6 Å². The lowest BCUT2D eigenvalue weighted by atomic mass is 10.0. The number of benzene rings is 2. The molecule has 0 fully saturated rings. The first-order valence-corrected chi connectivity index (χ1v) is 10.9. The van der Waals surface area contributed by atoms with E-state index in [0.29, 0.717) is 22.9 Å². The summed E-state index contributed by atoms with van der Waals surface area (Å²) >= 11 is 0. The Hall–Kier alpha value is -4.64. The standard InChI is InChI=1S/C27H25N5O3/c1-16-10-18(3)26-22(11-16)17(2)12-24(30-26)32-27(20(14-28)15-29-32)31-25(33)9-7-19-6-8-21(34-4)13-23(19)35-5/h6-13,15H,1-5H3,(H,31,33)/b9-7+. The first-order chi connectivity index (χ1) is 16.8. The zero-order valence-corrected chi connectivity index (χ0v) is 20.2. The molecule has 8 nitrogen and oxygen atoms in total. The Morgan fingerprint density at radius 2 is 1.89 bits per heavy atom.